The van der Waals surface area contributed by atoms with Crippen LogP contribution in [0.5, 0.6) is 0 Å². The average molecular weight is 187 g/mol. The summed E-state index contributed by atoms with van der Waals surface area (Å²) in [4.78, 5) is 12.7. The number of carbonyl (C=O) groups excluding carboxylic acids is 1. The monoisotopic (exact) mass is 187 g/mol. The molecule has 0 aromatic rings. The topological polar surface area (TPSA) is 72.3 Å². The van der Waals surface area contributed by atoms with Gasteiger partial charge in [-0.2, -0.15) is 0 Å². The maximum Gasteiger partial charge on any atom is 0.218 e. The van der Waals surface area contributed by atoms with Gasteiger partial charge in [-0.15, -0.1) is 0 Å². The van der Waals surface area contributed by atoms with Crippen molar-refractivity contribution in [3.05, 3.63) is 0 Å². The van der Waals surface area contributed by atoms with Gasteiger partial charge in [0.25, 0.3) is 0 Å². The number of nitrogens with zero attached hydrogens (tertiary/aromatic N) is 1. The summed E-state index contributed by atoms with van der Waals surface area (Å²) in [5.74, 6) is 0.242. The van der Waals surface area contributed by atoms with Crippen molar-refractivity contribution < 1.29 is 4.79 Å². The molecule has 0 radical (unpaired) electrons. The Balaban J connectivity index is 3.68. The van der Waals surface area contributed by atoms with Gasteiger partial charge in [-0.1, -0.05) is 13.8 Å². The van der Waals surface area contributed by atoms with Gasteiger partial charge in [0.2, 0.25) is 5.91 Å². The number of carbonyl (C=O) groups is 1. The van der Waals surface area contributed by atoms with Crippen LogP contribution >= 0.6 is 0 Å². The maximum absolute atomic E-state index is 10.5. The van der Waals surface area contributed by atoms with Crippen molar-refractivity contribution in [2.45, 2.75) is 20.3 Å². The summed E-state index contributed by atoms with van der Waals surface area (Å²) in [5, 5.41) is 0. The van der Waals surface area contributed by atoms with Crippen LogP contribution in [0, 0.1) is 5.92 Å². The van der Waals surface area contributed by atoms with Crippen LogP contribution in [0.3, 0.4) is 0 Å². The molecule has 4 nitrogen and oxygen atoms in total. The van der Waals surface area contributed by atoms with E-state index in [-0.39, 0.29) is 5.91 Å². The van der Waals surface area contributed by atoms with Crippen molar-refractivity contribution in [1.29, 1.82) is 0 Å². The lowest BCUT2D eigenvalue weighted by molar-refractivity contribution is -0.118. The highest BCUT2D eigenvalue weighted by atomic mass is 16.1. The lowest BCUT2D eigenvalue weighted by Gasteiger charge is -2.22. The number of amides is 1. The van der Waals surface area contributed by atoms with E-state index in [1.54, 1.807) is 0 Å². The summed E-state index contributed by atoms with van der Waals surface area (Å²) in [6.07, 6.45) is 0.436. The van der Waals surface area contributed by atoms with Crippen molar-refractivity contribution in [3.63, 3.8) is 0 Å². The van der Waals surface area contributed by atoms with Crippen LogP contribution in [0.15, 0.2) is 0 Å². The summed E-state index contributed by atoms with van der Waals surface area (Å²) in [5.41, 5.74) is 10.6. The Kier molecular flexibility index (Phi) is 6.54. The summed E-state index contributed by atoms with van der Waals surface area (Å²) >= 11 is 0. The molecule has 0 aliphatic rings. The number of primary amides is 1. The third-order valence-corrected chi connectivity index (χ3v) is 2.09. The number of nitrogens with two attached hydrogens (primary N) is 2. The van der Waals surface area contributed by atoms with E-state index in [2.05, 4.69) is 18.7 Å². The van der Waals surface area contributed by atoms with Gasteiger partial charge in [-0.3, -0.25) is 4.79 Å². The fourth-order valence-electron chi connectivity index (χ4n) is 1.16. The first kappa shape index (κ1) is 12.4. The van der Waals surface area contributed by atoms with Crippen LogP contribution < -0.4 is 11.5 Å². The lowest BCUT2D eigenvalue weighted by Crippen LogP contribution is -2.34. The third-order valence-electron chi connectivity index (χ3n) is 2.09. The van der Waals surface area contributed by atoms with E-state index >= 15 is 0 Å². The zero-order valence-electron chi connectivity index (χ0n) is 8.62. The first-order valence-electron chi connectivity index (χ1n) is 4.80. The molecule has 0 aliphatic carbocycles. The lowest BCUT2D eigenvalue weighted by atomic mass is 10.1. The van der Waals surface area contributed by atoms with Crippen LogP contribution in [0.4, 0.5) is 0 Å². The van der Waals surface area contributed by atoms with Crippen LogP contribution in [-0.4, -0.2) is 37.0 Å². The maximum atomic E-state index is 10.5. The van der Waals surface area contributed by atoms with Gasteiger partial charge >= 0.3 is 0 Å². The standard InChI is InChI=1S/C9H21N3O/c1-3-12(5-4-9(11)13)7-8(2)6-10/h8H,3-7,10H2,1-2H3,(H2,11,13). The second-order valence-corrected chi connectivity index (χ2v) is 3.45. The van der Waals surface area contributed by atoms with Gasteiger partial charge in [-0.25, -0.2) is 0 Å². The van der Waals surface area contributed by atoms with Gasteiger partial charge < -0.3 is 16.4 Å². The summed E-state index contributed by atoms with van der Waals surface area (Å²) in [7, 11) is 0. The highest BCUT2D eigenvalue weighted by Crippen LogP contribution is 1.98. The Labute approximate surface area is 80.3 Å². The van der Waals surface area contributed by atoms with E-state index in [0.717, 1.165) is 19.6 Å². The molecule has 4 N–H and O–H groups in total. The highest BCUT2D eigenvalue weighted by Gasteiger charge is 2.07. The van der Waals surface area contributed by atoms with Crippen molar-refractivity contribution in [2.24, 2.45) is 17.4 Å². The first-order chi connectivity index (χ1) is 6.10. The fourth-order valence-corrected chi connectivity index (χ4v) is 1.16. The normalized spacial score (nSPS) is 13.2. The van der Waals surface area contributed by atoms with Crippen LogP contribution in [0.2, 0.25) is 0 Å². The number of hydrogen-bond acceptors (Lipinski definition) is 3. The van der Waals surface area contributed by atoms with Gasteiger partial charge in [0.05, 0.1) is 0 Å². The molecule has 0 aromatic heterocycles. The molecule has 0 fully saturated rings. The van der Waals surface area contributed by atoms with Crippen molar-refractivity contribution in [2.75, 3.05) is 26.2 Å². The Morgan fingerprint density at radius 3 is 2.54 bits per heavy atom. The second kappa shape index (κ2) is 6.86. The predicted molar refractivity (Wildman–Crippen MR) is 54.1 cm³/mol. The molecule has 1 unspecified atom stereocenters. The number of rotatable bonds is 7. The zero-order chi connectivity index (χ0) is 10.3. The molecule has 0 spiro atoms. The molecule has 0 saturated heterocycles. The van der Waals surface area contributed by atoms with Gasteiger partial charge in [0.1, 0.15) is 0 Å². The minimum Gasteiger partial charge on any atom is -0.370 e. The minimum atomic E-state index is -0.237. The van der Waals surface area contributed by atoms with E-state index in [4.69, 9.17) is 11.5 Å². The molecule has 78 valence electrons. The summed E-state index contributed by atoms with van der Waals surface area (Å²) in [6.45, 7) is 7.50. The SMILES string of the molecule is CCN(CCC(N)=O)CC(C)CN. The van der Waals surface area contributed by atoms with Crippen molar-refractivity contribution in [1.82, 2.24) is 4.90 Å². The third kappa shape index (κ3) is 6.54. The van der Waals surface area contributed by atoms with Crippen molar-refractivity contribution in [3.8, 4) is 0 Å². The largest absolute Gasteiger partial charge is 0.370 e. The van der Waals surface area contributed by atoms with E-state index in [9.17, 15) is 4.79 Å². The van der Waals surface area contributed by atoms with E-state index < -0.39 is 0 Å². The van der Waals surface area contributed by atoms with Crippen LogP contribution in [-0.2, 0) is 4.79 Å². The summed E-state index contributed by atoms with van der Waals surface area (Å²) < 4.78 is 0. The molecule has 0 rings (SSSR count). The fraction of sp³-hybridized carbons (Fsp3) is 0.889. The predicted octanol–water partition coefficient (Wildman–Crippen LogP) is -0.221. The molecule has 1 atom stereocenters. The Hall–Kier alpha value is -0.610. The Morgan fingerprint density at radius 2 is 2.15 bits per heavy atom. The highest BCUT2D eigenvalue weighted by molar-refractivity contribution is 5.73. The second-order valence-electron chi connectivity index (χ2n) is 3.45. The van der Waals surface area contributed by atoms with Gasteiger partial charge in [0, 0.05) is 19.5 Å². The number of hydrogen-bond donors (Lipinski definition) is 2. The molecule has 13 heavy (non-hydrogen) atoms. The minimum absolute atomic E-state index is 0.237. The molecule has 4 heteroatoms. The van der Waals surface area contributed by atoms with Crippen LogP contribution in [0.1, 0.15) is 20.3 Å². The molecular formula is C9H21N3O. The molecule has 0 saturated carbocycles. The molecule has 0 aliphatic heterocycles. The van der Waals surface area contributed by atoms with E-state index in [0.29, 0.717) is 18.9 Å². The molecule has 1 amide bonds. The smallest absolute Gasteiger partial charge is 0.218 e. The van der Waals surface area contributed by atoms with E-state index in [1.165, 1.54) is 0 Å². The molecular weight excluding hydrogens is 166 g/mol. The summed E-state index contributed by atoms with van der Waals surface area (Å²) in [6, 6.07) is 0. The zero-order valence-corrected chi connectivity index (χ0v) is 8.62. The molecule has 0 heterocycles. The van der Waals surface area contributed by atoms with Crippen molar-refractivity contribution >= 4 is 5.91 Å². The average Bonchev–Trinajstić information content (AvgIpc) is 2.11. The Bertz CT molecular complexity index is 150. The first-order valence-corrected chi connectivity index (χ1v) is 4.80. The van der Waals surface area contributed by atoms with E-state index in [1.807, 2.05) is 0 Å². The molecule has 0 aromatic carbocycles. The molecule has 0 bridgehead atoms. The Morgan fingerprint density at radius 1 is 1.54 bits per heavy atom. The van der Waals surface area contributed by atoms with Gasteiger partial charge in [0.15, 0.2) is 0 Å². The van der Waals surface area contributed by atoms with Crippen LogP contribution in [0.25, 0.3) is 0 Å². The quantitative estimate of drug-likeness (QED) is 0.578. The van der Waals surface area contributed by atoms with Gasteiger partial charge in [-0.05, 0) is 19.0 Å².